The lowest BCUT2D eigenvalue weighted by molar-refractivity contribution is -0.139. The van der Waals surface area contributed by atoms with Crippen LogP contribution < -0.4 is 10.5 Å². The first-order chi connectivity index (χ1) is 16.5. The van der Waals surface area contributed by atoms with E-state index in [4.69, 9.17) is 20.3 Å². The number of phosphoric acid groups is 1. The number of halogens is 6. The molecule has 0 aliphatic rings. The van der Waals surface area contributed by atoms with E-state index in [0.29, 0.717) is 12.0 Å². The fourth-order valence-electron chi connectivity index (χ4n) is 3.20. The molecule has 0 amide bonds. The zero-order valence-corrected chi connectivity index (χ0v) is 19.7. The molecule has 2 rings (SSSR count). The molecule has 202 valence electrons. The van der Waals surface area contributed by atoms with Crippen molar-refractivity contribution in [3.8, 4) is 5.75 Å². The van der Waals surface area contributed by atoms with Crippen LogP contribution in [0.5, 0.6) is 5.75 Å². The maximum atomic E-state index is 13.6. The molecular weight excluding hydrogens is 519 g/mol. The van der Waals surface area contributed by atoms with Crippen LogP contribution in [0.25, 0.3) is 0 Å². The van der Waals surface area contributed by atoms with E-state index >= 15 is 0 Å². The van der Waals surface area contributed by atoms with Gasteiger partial charge in [-0.25, -0.2) is 4.57 Å². The van der Waals surface area contributed by atoms with Crippen LogP contribution in [0.4, 0.5) is 26.3 Å². The van der Waals surface area contributed by atoms with Gasteiger partial charge >= 0.3 is 20.2 Å². The van der Waals surface area contributed by atoms with Gasteiger partial charge in [0.1, 0.15) is 5.75 Å². The molecule has 1 unspecified atom stereocenters. The molecule has 5 N–H and O–H groups in total. The molecule has 14 heteroatoms. The first-order valence-corrected chi connectivity index (χ1v) is 12.1. The van der Waals surface area contributed by atoms with Gasteiger partial charge in [0.25, 0.3) is 0 Å². The van der Waals surface area contributed by atoms with Gasteiger partial charge in [-0.15, -0.1) is 0 Å². The van der Waals surface area contributed by atoms with Crippen LogP contribution in [0.1, 0.15) is 35.1 Å². The summed E-state index contributed by atoms with van der Waals surface area (Å²) in [6.45, 7) is -1.54. The molecule has 0 heterocycles. The molecule has 0 radical (unpaired) electrons. The number of aliphatic hydroxyl groups excluding tert-OH is 1. The van der Waals surface area contributed by atoms with E-state index in [9.17, 15) is 36.0 Å². The summed E-state index contributed by atoms with van der Waals surface area (Å²) in [6.07, 6.45) is -8.83. The van der Waals surface area contributed by atoms with Gasteiger partial charge in [0.15, 0.2) is 0 Å². The molecule has 0 fully saturated rings. The summed E-state index contributed by atoms with van der Waals surface area (Å²) in [4.78, 5) is 17.6. The molecule has 0 aromatic heterocycles. The van der Waals surface area contributed by atoms with Gasteiger partial charge in [0, 0.05) is 0 Å². The Kier molecular flexibility index (Phi) is 9.97. The number of hydrogen-bond acceptors (Lipinski definition) is 5. The Morgan fingerprint density at radius 3 is 2.03 bits per heavy atom. The van der Waals surface area contributed by atoms with Crippen molar-refractivity contribution in [3.63, 3.8) is 0 Å². The largest absolute Gasteiger partial charge is 0.493 e. The van der Waals surface area contributed by atoms with Crippen LogP contribution in [0.15, 0.2) is 42.5 Å². The second-order valence-corrected chi connectivity index (χ2v) is 9.50. The van der Waals surface area contributed by atoms with Crippen molar-refractivity contribution >= 4 is 7.82 Å². The first-order valence-electron chi connectivity index (χ1n) is 10.6. The van der Waals surface area contributed by atoms with E-state index < -0.39 is 55.8 Å². The highest BCUT2D eigenvalue weighted by atomic mass is 31.2. The van der Waals surface area contributed by atoms with Crippen LogP contribution in [0, 0.1) is 0 Å². The minimum Gasteiger partial charge on any atom is -0.493 e. The number of rotatable bonds is 12. The quantitative estimate of drug-likeness (QED) is 0.176. The maximum absolute atomic E-state index is 13.6. The van der Waals surface area contributed by atoms with Gasteiger partial charge in [-0.3, -0.25) is 4.52 Å². The number of benzene rings is 2. The monoisotopic (exact) mass is 545 g/mol. The summed E-state index contributed by atoms with van der Waals surface area (Å²) in [5.74, 6) is -0.426. The Hall–Kier alpha value is -2.15. The van der Waals surface area contributed by atoms with E-state index in [1.807, 2.05) is 0 Å². The predicted octanol–water partition coefficient (Wildman–Crippen LogP) is 4.47. The second-order valence-electron chi connectivity index (χ2n) is 8.26. The Morgan fingerprint density at radius 2 is 1.50 bits per heavy atom. The Bertz CT molecular complexity index is 1040. The smallest absolute Gasteiger partial charge is 0.469 e. The summed E-state index contributed by atoms with van der Waals surface area (Å²) in [5, 5.41) is 9.43. The van der Waals surface area contributed by atoms with Crippen LogP contribution in [-0.2, 0) is 34.3 Å². The molecule has 1 atom stereocenters. The van der Waals surface area contributed by atoms with Crippen molar-refractivity contribution in [1.29, 1.82) is 0 Å². The number of aliphatic hydroxyl groups is 1. The van der Waals surface area contributed by atoms with Gasteiger partial charge in [0.05, 0.1) is 36.5 Å². The number of phosphoric ester groups is 1. The highest BCUT2D eigenvalue weighted by Gasteiger charge is 2.35. The van der Waals surface area contributed by atoms with Crippen molar-refractivity contribution in [2.45, 2.75) is 43.6 Å². The van der Waals surface area contributed by atoms with Crippen LogP contribution in [0.2, 0.25) is 0 Å². The third-order valence-electron chi connectivity index (χ3n) is 5.24. The SMILES string of the molecule is NC(CO)(CCc1ccc(OCCCc2ccc(C(F)(F)F)cc2)c(C(F)(F)F)c1)COP(=O)(O)O. The Morgan fingerprint density at radius 1 is 0.889 bits per heavy atom. The summed E-state index contributed by atoms with van der Waals surface area (Å²) in [5.41, 5.74) is 3.18. The molecule has 0 aliphatic carbocycles. The van der Waals surface area contributed by atoms with Crippen molar-refractivity contribution in [3.05, 3.63) is 64.7 Å². The molecule has 0 saturated heterocycles. The van der Waals surface area contributed by atoms with E-state index in [2.05, 4.69) is 4.52 Å². The van der Waals surface area contributed by atoms with Crippen molar-refractivity contribution < 1.29 is 55.1 Å². The van der Waals surface area contributed by atoms with Gasteiger partial charge < -0.3 is 25.4 Å². The van der Waals surface area contributed by atoms with Crippen LogP contribution >= 0.6 is 7.82 Å². The summed E-state index contributed by atoms with van der Waals surface area (Å²) >= 11 is 0. The summed E-state index contributed by atoms with van der Waals surface area (Å²) in [7, 11) is -4.85. The average molecular weight is 545 g/mol. The van der Waals surface area contributed by atoms with E-state index in [1.165, 1.54) is 18.2 Å². The fraction of sp³-hybridized carbons (Fsp3) is 0.455. The lowest BCUT2D eigenvalue weighted by Gasteiger charge is -2.27. The third kappa shape index (κ3) is 9.72. The normalized spacial score (nSPS) is 14.5. The fourth-order valence-corrected chi connectivity index (χ4v) is 3.63. The molecule has 36 heavy (non-hydrogen) atoms. The van der Waals surface area contributed by atoms with E-state index in [0.717, 1.165) is 24.3 Å². The summed E-state index contributed by atoms with van der Waals surface area (Å²) in [6, 6.07) is 7.80. The van der Waals surface area contributed by atoms with Gasteiger partial charge in [0.2, 0.25) is 0 Å². The average Bonchev–Trinajstić information content (AvgIpc) is 2.78. The molecule has 2 aromatic carbocycles. The van der Waals surface area contributed by atoms with Crippen LogP contribution in [-0.4, -0.2) is 40.3 Å². The van der Waals surface area contributed by atoms with E-state index in [-0.39, 0.29) is 31.4 Å². The molecule has 0 spiro atoms. The van der Waals surface area contributed by atoms with Gasteiger partial charge in [-0.05, 0) is 61.1 Å². The summed E-state index contributed by atoms with van der Waals surface area (Å²) < 4.78 is 99.1. The topological polar surface area (TPSA) is 122 Å². The molecule has 0 bridgehead atoms. The van der Waals surface area contributed by atoms with Crippen molar-refractivity contribution in [2.24, 2.45) is 5.73 Å². The lowest BCUT2D eigenvalue weighted by Crippen LogP contribution is -2.48. The number of hydrogen-bond donors (Lipinski definition) is 4. The van der Waals surface area contributed by atoms with Crippen molar-refractivity contribution in [2.75, 3.05) is 19.8 Å². The predicted molar refractivity (Wildman–Crippen MR) is 117 cm³/mol. The maximum Gasteiger partial charge on any atom is 0.469 e. The highest BCUT2D eigenvalue weighted by Crippen LogP contribution is 2.38. The Balaban J connectivity index is 2.00. The highest BCUT2D eigenvalue weighted by molar-refractivity contribution is 7.46. The van der Waals surface area contributed by atoms with Gasteiger partial charge in [-0.1, -0.05) is 18.2 Å². The molecule has 0 aliphatic heterocycles. The number of nitrogens with two attached hydrogens (primary N) is 1. The molecule has 2 aromatic rings. The number of aryl methyl sites for hydroxylation is 2. The zero-order chi connectivity index (χ0) is 27.2. The number of ether oxygens (including phenoxy) is 1. The molecular formula is C22H26F6NO6P. The standard InChI is InChI=1S/C22H26F6NO6P/c23-21(24,25)17-6-3-15(4-7-17)2-1-11-34-19-8-5-16(12-18(19)22(26,27)28)9-10-20(29,13-30)14-35-36(31,32)33/h3-8,12,30H,1-2,9-11,13-14,29H2,(H2,31,32,33). The zero-order valence-electron chi connectivity index (χ0n) is 18.8. The number of alkyl halides is 6. The minimum atomic E-state index is -4.85. The van der Waals surface area contributed by atoms with E-state index in [1.54, 1.807) is 0 Å². The lowest BCUT2D eigenvalue weighted by atomic mass is 9.93. The van der Waals surface area contributed by atoms with Crippen LogP contribution in [0.3, 0.4) is 0 Å². The molecule has 0 saturated carbocycles. The minimum absolute atomic E-state index is 0.0567. The third-order valence-corrected chi connectivity index (χ3v) is 5.71. The van der Waals surface area contributed by atoms with Crippen molar-refractivity contribution in [1.82, 2.24) is 0 Å². The Labute approximate surface area is 203 Å². The molecule has 7 nitrogen and oxygen atoms in total. The van der Waals surface area contributed by atoms with Gasteiger partial charge in [-0.2, -0.15) is 26.3 Å². The first kappa shape index (κ1) is 30.1. The second kappa shape index (κ2) is 11.9.